The lowest BCUT2D eigenvalue weighted by Gasteiger charge is -2.04. The van der Waals surface area contributed by atoms with Gasteiger partial charge < -0.3 is 5.32 Å². The standard InChI is InChI=1S/C11H8BrClN2OS/c1-6-14-5-10(17-6)11(16)15-7-2-3-8(12)9(13)4-7/h2-5H,1H3,(H,15,16). The molecule has 2 aromatic rings. The number of halogens is 2. The van der Waals surface area contributed by atoms with E-state index in [4.69, 9.17) is 11.6 Å². The van der Waals surface area contributed by atoms with Gasteiger partial charge in [0.25, 0.3) is 5.91 Å². The molecule has 2 rings (SSSR count). The molecule has 0 atom stereocenters. The number of thiazole rings is 1. The second-order valence-electron chi connectivity index (χ2n) is 3.33. The van der Waals surface area contributed by atoms with E-state index in [-0.39, 0.29) is 5.91 Å². The van der Waals surface area contributed by atoms with Crippen molar-refractivity contribution in [3.63, 3.8) is 0 Å². The Balaban J connectivity index is 2.15. The van der Waals surface area contributed by atoms with E-state index in [1.165, 1.54) is 11.3 Å². The molecule has 17 heavy (non-hydrogen) atoms. The molecule has 1 amide bonds. The lowest BCUT2D eigenvalue weighted by Crippen LogP contribution is -2.09. The number of nitrogens with zero attached hydrogens (tertiary/aromatic N) is 1. The summed E-state index contributed by atoms with van der Waals surface area (Å²) >= 11 is 10.6. The van der Waals surface area contributed by atoms with E-state index in [1.807, 2.05) is 6.92 Å². The molecule has 0 radical (unpaired) electrons. The van der Waals surface area contributed by atoms with Gasteiger partial charge in [-0.3, -0.25) is 4.79 Å². The molecule has 0 spiro atoms. The number of carbonyl (C=O) groups is 1. The molecule has 1 aromatic carbocycles. The third-order valence-electron chi connectivity index (χ3n) is 2.02. The highest BCUT2D eigenvalue weighted by molar-refractivity contribution is 9.10. The molecule has 0 unspecified atom stereocenters. The topological polar surface area (TPSA) is 42.0 Å². The first kappa shape index (κ1) is 12.5. The third kappa shape index (κ3) is 3.06. The first-order chi connectivity index (χ1) is 8.06. The van der Waals surface area contributed by atoms with Gasteiger partial charge in [0.05, 0.1) is 16.2 Å². The van der Waals surface area contributed by atoms with Gasteiger partial charge in [-0.1, -0.05) is 11.6 Å². The summed E-state index contributed by atoms with van der Waals surface area (Å²) in [7, 11) is 0. The van der Waals surface area contributed by atoms with Crippen LogP contribution in [0.25, 0.3) is 0 Å². The fourth-order valence-electron chi connectivity index (χ4n) is 1.23. The van der Waals surface area contributed by atoms with Gasteiger partial charge in [-0.2, -0.15) is 0 Å². The Bertz CT molecular complexity index is 570. The van der Waals surface area contributed by atoms with Crippen molar-refractivity contribution in [2.24, 2.45) is 0 Å². The fourth-order valence-corrected chi connectivity index (χ4v) is 2.33. The number of carbonyl (C=O) groups excluding carboxylic acids is 1. The summed E-state index contributed by atoms with van der Waals surface area (Å²) in [5, 5.41) is 4.19. The summed E-state index contributed by atoms with van der Waals surface area (Å²) in [6, 6.07) is 5.26. The van der Waals surface area contributed by atoms with Crippen LogP contribution in [0.4, 0.5) is 5.69 Å². The van der Waals surface area contributed by atoms with Gasteiger partial charge in [-0.15, -0.1) is 11.3 Å². The molecule has 88 valence electrons. The zero-order valence-electron chi connectivity index (χ0n) is 8.83. The van der Waals surface area contributed by atoms with Crippen LogP contribution in [0.15, 0.2) is 28.9 Å². The number of hydrogen-bond acceptors (Lipinski definition) is 3. The smallest absolute Gasteiger partial charge is 0.267 e. The minimum absolute atomic E-state index is 0.172. The predicted molar refractivity (Wildman–Crippen MR) is 74.0 cm³/mol. The van der Waals surface area contributed by atoms with E-state index in [2.05, 4.69) is 26.2 Å². The van der Waals surface area contributed by atoms with Gasteiger partial charge in [0.2, 0.25) is 0 Å². The minimum atomic E-state index is -0.172. The summed E-state index contributed by atoms with van der Waals surface area (Å²) < 4.78 is 0.797. The summed E-state index contributed by atoms with van der Waals surface area (Å²) in [4.78, 5) is 16.4. The summed E-state index contributed by atoms with van der Waals surface area (Å²) in [6.45, 7) is 1.86. The van der Waals surface area contributed by atoms with Crippen LogP contribution in [0.1, 0.15) is 14.7 Å². The minimum Gasteiger partial charge on any atom is -0.321 e. The van der Waals surface area contributed by atoms with Gasteiger partial charge in [0.1, 0.15) is 4.88 Å². The van der Waals surface area contributed by atoms with Crippen LogP contribution in [0.5, 0.6) is 0 Å². The Morgan fingerprint density at radius 3 is 2.88 bits per heavy atom. The maximum atomic E-state index is 11.8. The van der Waals surface area contributed by atoms with E-state index in [1.54, 1.807) is 24.4 Å². The monoisotopic (exact) mass is 330 g/mol. The number of aromatic nitrogens is 1. The van der Waals surface area contributed by atoms with E-state index in [0.29, 0.717) is 15.6 Å². The van der Waals surface area contributed by atoms with Gasteiger partial charge in [0.15, 0.2) is 0 Å². The Kier molecular flexibility index (Phi) is 3.81. The molecule has 1 N–H and O–H groups in total. The van der Waals surface area contributed by atoms with E-state index < -0.39 is 0 Å². The average Bonchev–Trinajstić information content (AvgIpc) is 2.70. The second kappa shape index (κ2) is 5.16. The van der Waals surface area contributed by atoms with Crippen molar-refractivity contribution >= 4 is 50.5 Å². The van der Waals surface area contributed by atoms with Crippen LogP contribution in [0, 0.1) is 6.92 Å². The van der Waals surface area contributed by atoms with Crippen molar-refractivity contribution in [2.45, 2.75) is 6.92 Å². The Morgan fingerprint density at radius 2 is 2.29 bits per heavy atom. The van der Waals surface area contributed by atoms with Crippen LogP contribution in [-0.2, 0) is 0 Å². The Labute approximate surface area is 116 Å². The zero-order chi connectivity index (χ0) is 12.4. The van der Waals surface area contributed by atoms with Crippen LogP contribution in [0.2, 0.25) is 5.02 Å². The van der Waals surface area contributed by atoms with Crippen molar-refractivity contribution in [1.29, 1.82) is 0 Å². The SMILES string of the molecule is Cc1ncc(C(=O)Nc2ccc(Br)c(Cl)c2)s1. The number of nitrogens with one attached hydrogen (secondary N) is 1. The molecule has 0 saturated carbocycles. The number of benzene rings is 1. The molecule has 0 aliphatic rings. The number of hydrogen-bond donors (Lipinski definition) is 1. The van der Waals surface area contributed by atoms with Crippen molar-refractivity contribution in [3.8, 4) is 0 Å². The Morgan fingerprint density at radius 1 is 1.53 bits per heavy atom. The molecule has 6 heteroatoms. The fraction of sp³-hybridized carbons (Fsp3) is 0.0909. The molecule has 1 aromatic heterocycles. The highest BCUT2D eigenvalue weighted by Crippen LogP contribution is 2.26. The number of anilines is 1. The first-order valence-electron chi connectivity index (χ1n) is 4.75. The molecule has 3 nitrogen and oxygen atoms in total. The molecule has 0 saturated heterocycles. The van der Waals surface area contributed by atoms with Crippen molar-refractivity contribution in [1.82, 2.24) is 4.98 Å². The molecule has 0 fully saturated rings. The van der Waals surface area contributed by atoms with Gasteiger partial charge in [0, 0.05) is 10.2 Å². The van der Waals surface area contributed by atoms with Gasteiger partial charge in [-0.25, -0.2) is 4.98 Å². The molecule has 1 heterocycles. The van der Waals surface area contributed by atoms with Crippen LogP contribution >= 0.6 is 38.9 Å². The van der Waals surface area contributed by atoms with E-state index in [9.17, 15) is 4.79 Å². The highest BCUT2D eigenvalue weighted by Gasteiger charge is 2.09. The van der Waals surface area contributed by atoms with Crippen LogP contribution in [0.3, 0.4) is 0 Å². The van der Waals surface area contributed by atoms with Crippen LogP contribution in [-0.4, -0.2) is 10.9 Å². The van der Waals surface area contributed by atoms with Crippen molar-refractivity contribution in [2.75, 3.05) is 5.32 Å². The first-order valence-corrected chi connectivity index (χ1v) is 6.74. The maximum absolute atomic E-state index is 11.8. The molecule has 0 aliphatic heterocycles. The second-order valence-corrected chi connectivity index (χ2v) is 5.82. The highest BCUT2D eigenvalue weighted by atomic mass is 79.9. The van der Waals surface area contributed by atoms with Crippen molar-refractivity contribution < 1.29 is 4.79 Å². The average molecular weight is 332 g/mol. The van der Waals surface area contributed by atoms with Gasteiger partial charge >= 0.3 is 0 Å². The maximum Gasteiger partial charge on any atom is 0.267 e. The lowest BCUT2D eigenvalue weighted by molar-refractivity contribution is 0.103. The molecule has 0 aliphatic carbocycles. The number of amides is 1. The summed E-state index contributed by atoms with van der Waals surface area (Å²) in [5.74, 6) is -0.172. The zero-order valence-corrected chi connectivity index (χ0v) is 12.0. The summed E-state index contributed by atoms with van der Waals surface area (Å²) in [6.07, 6.45) is 1.57. The normalized spacial score (nSPS) is 10.3. The molecular weight excluding hydrogens is 324 g/mol. The van der Waals surface area contributed by atoms with Crippen LogP contribution < -0.4 is 5.32 Å². The summed E-state index contributed by atoms with van der Waals surface area (Å²) in [5.41, 5.74) is 0.661. The number of aryl methyl sites for hydroxylation is 1. The van der Waals surface area contributed by atoms with E-state index >= 15 is 0 Å². The van der Waals surface area contributed by atoms with E-state index in [0.717, 1.165) is 9.48 Å². The Hall–Kier alpha value is -0.910. The van der Waals surface area contributed by atoms with Crippen molar-refractivity contribution in [3.05, 3.63) is 43.8 Å². The lowest BCUT2D eigenvalue weighted by atomic mass is 10.3. The number of rotatable bonds is 2. The molecule has 0 bridgehead atoms. The molecular formula is C11H8BrClN2OS. The quantitative estimate of drug-likeness (QED) is 0.899. The largest absolute Gasteiger partial charge is 0.321 e. The van der Waals surface area contributed by atoms with Gasteiger partial charge in [-0.05, 0) is 41.1 Å². The predicted octanol–water partition coefficient (Wildman–Crippen LogP) is 4.12. The third-order valence-corrected chi connectivity index (χ3v) is 4.17.